The summed E-state index contributed by atoms with van der Waals surface area (Å²) >= 11 is 0. The monoisotopic (exact) mass is 186 g/mol. The average Bonchev–Trinajstić information content (AvgIpc) is 2.09. The van der Waals surface area contributed by atoms with Crippen LogP contribution in [0.1, 0.15) is 58.8 Å². The van der Waals surface area contributed by atoms with Gasteiger partial charge in [-0.1, -0.05) is 37.8 Å². The van der Waals surface area contributed by atoms with E-state index in [0.717, 1.165) is 12.8 Å². The maximum Gasteiger partial charge on any atom is 0.0973 e. The van der Waals surface area contributed by atoms with Gasteiger partial charge in [-0.3, -0.25) is 0 Å². The molecule has 0 aliphatic heterocycles. The maximum atomic E-state index is 12.4. The van der Waals surface area contributed by atoms with E-state index in [9.17, 15) is 4.39 Å². The second kappa shape index (κ2) is 9.76. The third-order valence-electron chi connectivity index (χ3n) is 2.21. The molecule has 0 radical (unpaired) electrons. The molecule has 78 valence electrons. The zero-order valence-corrected chi connectivity index (χ0v) is 9.06. The van der Waals surface area contributed by atoms with Gasteiger partial charge >= 0.3 is 0 Å². The Kier molecular flexibility index (Phi) is 9.51. The van der Waals surface area contributed by atoms with E-state index in [1.807, 2.05) is 0 Å². The van der Waals surface area contributed by atoms with E-state index < -0.39 is 6.17 Å². The van der Waals surface area contributed by atoms with E-state index in [-0.39, 0.29) is 0 Å². The average molecular weight is 186 g/mol. The minimum Gasteiger partial charge on any atom is -0.248 e. The number of alkyl halides is 1. The highest BCUT2D eigenvalue weighted by molar-refractivity contribution is 4.76. The molecule has 0 amide bonds. The molecule has 0 saturated heterocycles. The molecule has 0 rings (SSSR count). The first kappa shape index (κ1) is 12.7. The van der Waals surface area contributed by atoms with Crippen molar-refractivity contribution in [2.24, 2.45) is 0 Å². The second-order valence-electron chi connectivity index (χ2n) is 3.69. The molecule has 0 aliphatic rings. The van der Waals surface area contributed by atoms with Crippen LogP contribution in [0.4, 0.5) is 4.39 Å². The van der Waals surface area contributed by atoms with Crippen LogP contribution in [0.3, 0.4) is 0 Å². The van der Waals surface area contributed by atoms with Crippen LogP contribution in [0.2, 0.25) is 0 Å². The lowest BCUT2D eigenvalue weighted by Crippen LogP contribution is -1.91. The molecule has 0 aliphatic carbocycles. The van der Waals surface area contributed by atoms with Gasteiger partial charge in [-0.05, 0) is 33.1 Å². The van der Waals surface area contributed by atoms with E-state index in [1.54, 1.807) is 6.92 Å². The molecule has 1 atom stereocenters. The summed E-state index contributed by atoms with van der Waals surface area (Å²) in [5.41, 5.74) is 0. The Hall–Kier alpha value is -0.330. The lowest BCUT2D eigenvalue weighted by atomic mass is 10.1. The van der Waals surface area contributed by atoms with E-state index >= 15 is 0 Å². The first-order valence-corrected chi connectivity index (χ1v) is 5.52. The van der Waals surface area contributed by atoms with Crippen LogP contribution in [0.15, 0.2) is 12.2 Å². The minimum atomic E-state index is -0.608. The maximum absolute atomic E-state index is 12.4. The summed E-state index contributed by atoms with van der Waals surface area (Å²) in [6.07, 6.45) is 11.8. The fourth-order valence-corrected chi connectivity index (χ4v) is 1.38. The summed E-state index contributed by atoms with van der Waals surface area (Å²) < 4.78 is 12.4. The van der Waals surface area contributed by atoms with Crippen molar-refractivity contribution in [1.82, 2.24) is 0 Å². The molecule has 0 N–H and O–H groups in total. The second-order valence-corrected chi connectivity index (χ2v) is 3.69. The van der Waals surface area contributed by atoms with Crippen LogP contribution in [0.5, 0.6) is 0 Å². The number of rotatable bonds is 8. The molecule has 0 bridgehead atoms. The van der Waals surface area contributed by atoms with Crippen molar-refractivity contribution in [2.45, 2.75) is 65.0 Å². The molecule has 0 aromatic heterocycles. The van der Waals surface area contributed by atoms with Crippen molar-refractivity contribution in [3.05, 3.63) is 12.2 Å². The molecule has 0 aromatic rings. The molecule has 0 fully saturated rings. The topological polar surface area (TPSA) is 0 Å². The highest BCUT2D eigenvalue weighted by Gasteiger charge is 1.96. The largest absolute Gasteiger partial charge is 0.248 e. The van der Waals surface area contributed by atoms with Gasteiger partial charge in [0.05, 0.1) is 6.17 Å². The molecule has 0 aromatic carbocycles. The van der Waals surface area contributed by atoms with Gasteiger partial charge in [-0.25, -0.2) is 4.39 Å². The highest BCUT2D eigenvalue weighted by Crippen LogP contribution is 2.09. The number of unbranched alkanes of at least 4 members (excludes halogenated alkanes) is 5. The van der Waals surface area contributed by atoms with Gasteiger partial charge in [0, 0.05) is 0 Å². The van der Waals surface area contributed by atoms with Crippen LogP contribution in [-0.2, 0) is 0 Å². The zero-order valence-electron chi connectivity index (χ0n) is 9.06. The Labute approximate surface area is 82.2 Å². The van der Waals surface area contributed by atoms with Crippen LogP contribution in [0.25, 0.3) is 0 Å². The van der Waals surface area contributed by atoms with E-state index in [2.05, 4.69) is 19.1 Å². The van der Waals surface area contributed by atoms with Gasteiger partial charge in [-0.2, -0.15) is 0 Å². The van der Waals surface area contributed by atoms with E-state index in [4.69, 9.17) is 0 Å². The summed E-state index contributed by atoms with van der Waals surface area (Å²) in [5.74, 6) is 0. The first-order chi connectivity index (χ1) is 6.27. The predicted molar refractivity (Wildman–Crippen MR) is 57.7 cm³/mol. The zero-order chi connectivity index (χ0) is 9.94. The summed E-state index contributed by atoms with van der Waals surface area (Å²) in [6.45, 7) is 3.70. The molecular formula is C12H23F. The van der Waals surface area contributed by atoms with E-state index in [0.29, 0.717) is 0 Å². The van der Waals surface area contributed by atoms with E-state index in [1.165, 1.54) is 32.1 Å². The van der Waals surface area contributed by atoms with Crippen LogP contribution in [0, 0.1) is 0 Å². The molecule has 0 saturated carbocycles. The Morgan fingerprint density at radius 1 is 1.08 bits per heavy atom. The molecular weight excluding hydrogens is 163 g/mol. The standard InChI is InChI=1S/C12H23F/c1-3-4-5-6-7-8-9-10-11-12(2)13/h3-4,12H,5-11H2,1-2H3/b4-3+. The minimum absolute atomic E-state index is 0.608. The number of hydrogen-bond acceptors (Lipinski definition) is 0. The van der Waals surface area contributed by atoms with Gasteiger partial charge in [-0.15, -0.1) is 0 Å². The van der Waals surface area contributed by atoms with Gasteiger partial charge in [0.1, 0.15) is 0 Å². The third-order valence-corrected chi connectivity index (χ3v) is 2.21. The van der Waals surface area contributed by atoms with Crippen molar-refractivity contribution in [1.29, 1.82) is 0 Å². The first-order valence-electron chi connectivity index (χ1n) is 5.52. The van der Waals surface area contributed by atoms with Crippen molar-refractivity contribution in [3.63, 3.8) is 0 Å². The Balaban J connectivity index is 2.91. The number of allylic oxidation sites excluding steroid dienone is 2. The van der Waals surface area contributed by atoms with Crippen molar-refractivity contribution in [3.8, 4) is 0 Å². The Morgan fingerprint density at radius 2 is 1.69 bits per heavy atom. The SMILES string of the molecule is C/C=C/CCCCCCCC(C)F. The summed E-state index contributed by atoms with van der Waals surface area (Å²) in [4.78, 5) is 0. The molecule has 0 nitrogen and oxygen atoms in total. The summed E-state index contributed by atoms with van der Waals surface area (Å²) in [5, 5.41) is 0. The van der Waals surface area contributed by atoms with Crippen LogP contribution >= 0.6 is 0 Å². The van der Waals surface area contributed by atoms with Gasteiger partial charge in [0.15, 0.2) is 0 Å². The molecule has 1 heteroatoms. The van der Waals surface area contributed by atoms with Gasteiger partial charge < -0.3 is 0 Å². The number of hydrogen-bond donors (Lipinski definition) is 0. The summed E-state index contributed by atoms with van der Waals surface area (Å²) in [7, 11) is 0. The summed E-state index contributed by atoms with van der Waals surface area (Å²) in [6, 6.07) is 0. The molecule has 0 spiro atoms. The predicted octanol–water partition coefficient (Wildman–Crippen LogP) is 4.65. The molecule has 13 heavy (non-hydrogen) atoms. The lowest BCUT2D eigenvalue weighted by molar-refractivity contribution is 0.329. The van der Waals surface area contributed by atoms with Crippen molar-refractivity contribution in [2.75, 3.05) is 0 Å². The Morgan fingerprint density at radius 3 is 2.31 bits per heavy atom. The van der Waals surface area contributed by atoms with Gasteiger partial charge in [0.25, 0.3) is 0 Å². The van der Waals surface area contributed by atoms with Crippen molar-refractivity contribution < 1.29 is 4.39 Å². The number of halogens is 1. The third kappa shape index (κ3) is 11.7. The normalized spacial score (nSPS) is 13.8. The quantitative estimate of drug-likeness (QED) is 0.382. The van der Waals surface area contributed by atoms with Gasteiger partial charge in [0.2, 0.25) is 0 Å². The highest BCUT2D eigenvalue weighted by atomic mass is 19.1. The van der Waals surface area contributed by atoms with Crippen molar-refractivity contribution >= 4 is 0 Å². The van der Waals surface area contributed by atoms with Crippen LogP contribution < -0.4 is 0 Å². The fraction of sp³-hybridized carbons (Fsp3) is 0.833. The van der Waals surface area contributed by atoms with Crippen LogP contribution in [-0.4, -0.2) is 6.17 Å². The fourth-order valence-electron chi connectivity index (χ4n) is 1.38. The molecule has 0 heterocycles. The smallest absolute Gasteiger partial charge is 0.0973 e. The molecule has 1 unspecified atom stereocenters. The Bertz CT molecular complexity index is 116. The lowest BCUT2D eigenvalue weighted by Gasteiger charge is -2.01.